The van der Waals surface area contributed by atoms with Gasteiger partial charge in [0.2, 0.25) is 0 Å². The van der Waals surface area contributed by atoms with Gasteiger partial charge in [0.25, 0.3) is 0 Å². The summed E-state index contributed by atoms with van der Waals surface area (Å²) in [4.78, 5) is 0. The summed E-state index contributed by atoms with van der Waals surface area (Å²) in [5.41, 5.74) is 0. The standard InChI is InChI=1S/C13H30N2/c1-5-7-13(4)11-15-9-6-8-14-10-12(2)3/h12-15H,5-11H2,1-4H3. The maximum atomic E-state index is 3.52. The minimum absolute atomic E-state index is 0.766. The first-order valence-corrected chi connectivity index (χ1v) is 6.58. The van der Waals surface area contributed by atoms with E-state index in [1.807, 2.05) is 0 Å². The van der Waals surface area contributed by atoms with Gasteiger partial charge in [-0.2, -0.15) is 0 Å². The Morgan fingerprint density at radius 1 is 0.933 bits per heavy atom. The highest BCUT2D eigenvalue weighted by Gasteiger charge is 1.98. The van der Waals surface area contributed by atoms with Crippen LogP contribution < -0.4 is 10.6 Å². The first-order valence-electron chi connectivity index (χ1n) is 6.58. The highest BCUT2D eigenvalue weighted by atomic mass is 14.9. The van der Waals surface area contributed by atoms with Gasteiger partial charge >= 0.3 is 0 Å². The van der Waals surface area contributed by atoms with E-state index in [2.05, 4.69) is 38.3 Å². The minimum atomic E-state index is 0.766. The zero-order valence-corrected chi connectivity index (χ0v) is 11.1. The molecule has 1 unspecified atom stereocenters. The molecule has 0 heterocycles. The predicted molar refractivity (Wildman–Crippen MR) is 69.3 cm³/mol. The van der Waals surface area contributed by atoms with Gasteiger partial charge in [0, 0.05) is 0 Å². The fourth-order valence-corrected chi connectivity index (χ4v) is 1.67. The molecule has 0 saturated carbocycles. The molecule has 2 nitrogen and oxygen atoms in total. The summed E-state index contributed by atoms with van der Waals surface area (Å²) in [5, 5.41) is 6.98. The second-order valence-corrected chi connectivity index (χ2v) is 5.05. The van der Waals surface area contributed by atoms with Gasteiger partial charge in [0.15, 0.2) is 0 Å². The van der Waals surface area contributed by atoms with E-state index in [1.54, 1.807) is 0 Å². The maximum absolute atomic E-state index is 3.52. The van der Waals surface area contributed by atoms with Crippen molar-refractivity contribution in [3.05, 3.63) is 0 Å². The Morgan fingerprint density at radius 3 is 2.07 bits per heavy atom. The molecule has 0 radical (unpaired) electrons. The van der Waals surface area contributed by atoms with E-state index in [9.17, 15) is 0 Å². The molecule has 0 fully saturated rings. The molecule has 0 spiro atoms. The molecule has 0 bridgehead atoms. The molecule has 1 atom stereocenters. The second kappa shape index (κ2) is 10.4. The van der Waals surface area contributed by atoms with Crippen LogP contribution in [0.2, 0.25) is 0 Å². The first kappa shape index (κ1) is 14.9. The van der Waals surface area contributed by atoms with Crippen molar-refractivity contribution < 1.29 is 0 Å². The van der Waals surface area contributed by atoms with Crippen molar-refractivity contribution in [3.63, 3.8) is 0 Å². The Balaban J connectivity index is 3.04. The van der Waals surface area contributed by atoms with E-state index >= 15 is 0 Å². The smallest absolute Gasteiger partial charge is 0.00231 e. The molecule has 0 aliphatic carbocycles. The van der Waals surface area contributed by atoms with Gasteiger partial charge in [-0.1, -0.05) is 34.1 Å². The van der Waals surface area contributed by atoms with Crippen LogP contribution in [0.25, 0.3) is 0 Å². The lowest BCUT2D eigenvalue weighted by molar-refractivity contribution is 0.465. The minimum Gasteiger partial charge on any atom is -0.316 e. The van der Waals surface area contributed by atoms with Gasteiger partial charge in [-0.05, 0) is 50.9 Å². The van der Waals surface area contributed by atoms with Crippen LogP contribution in [0.1, 0.15) is 47.0 Å². The van der Waals surface area contributed by atoms with Crippen LogP contribution >= 0.6 is 0 Å². The molecule has 0 aromatic heterocycles. The molecule has 0 aliphatic rings. The summed E-state index contributed by atoms with van der Waals surface area (Å²) >= 11 is 0. The van der Waals surface area contributed by atoms with Crippen molar-refractivity contribution in [2.75, 3.05) is 26.2 Å². The third-order valence-corrected chi connectivity index (χ3v) is 2.53. The van der Waals surface area contributed by atoms with Crippen molar-refractivity contribution in [2.45, 2.75) is 47.0 Å². The fourth-order valence-electron chi connectivity index (χ4n) is 1.67. The Labute approximate surface area is 96.2 Å². The SMILES string of the molecule is CCCC(C)CNCCCNCC(C)C. The molecule has 0 amide bonds. The van der Waals surface area contributed by atoms with Crippen LogP contribution in [0, 0.1) is 11.8 Å². The molecule has 92 valence electrons. The van der Waals surface area contributed by atoms with Gasteiger partial charge in [-0.25, -0.2) is 0 Å². The lowest BCUT2D eigenvalue weighted by Gasteiger charge is -2.11. The summed E-state index contributed by atoms with van der Waals surface area (Å²) < 4.78 is 0. The molecule has 0 aromatic carbocycles. The molecule has 0 aromatic rings. The fraction of sp³-hybridized carbons (Fsp3) is 1.00. The lowest BCUT2D eigenvalue weighted by atomic mass is 10.1. The molecule has 0 aliphatic heterocycles. The molecule has 2 heteroatoms. The molecule has 2 N–H and O–H groups in total. The third kappa shape index (κ3) is 11.8. The lowest BCUT2D eigenvalue weighted by Crippen LogP contribution is -2.27. The monoisotopic (exact) mass is 214 g/mol. The summed E-state index contributed by atoms with van der Waals surface area (Å²) in [6.07, 6.45) is 3.89. The topological polar surface area (TPSA) is 24.1 Å². The van der Waals surface area contributed by atoms with E-state index in [0.717, 1.165) is 31.5 Å². The van der Waals surface area contributed by atoms with Crippen molar-refractivity contribution in [2.24, 2.45) is 11.8 Å². The van der Waals surface area contributed by atoms with Gasteiger partial charge in [-0.15, -0.1) is 0 Å². The quantitative estimate of drug-likeness (QED) is 0.546. The molecule has 15 heavy (non-hydrogen) atoms. The van der Waals surface area contributed by atoms with Crippen molar-refractivity contribution in [1.29, 1.82) is 0 Å². The van der Waals surface area contributed by atoms with Crippen molar-refractivity contribution >= 4 is 0 Å². The van der Waals surface area contributed by atoms with Crippen LogP contribution in [0.15, 0.2) is 0 Å². The highest BCUT2D eigenvalue weighted by molar-refractivity contribution is 4.58. The summed E-state index contributed by atoms with van der Waals surface area (Å²) in [7, 11) is 0. The van der Waals surface area contributed by atoms with Crippen LogP contribution in [0.4, 0.5) is 0 Å². The number of hydrogen-bond donors (Lipinski definition) is 2. The molecule has 0 rings (SSSR count). The molecular formula is C13H30N2. The maximum Gasteiger partial charge on any atom is -0.00231 e. The zero-order chi connectivity index (χ0) is 11.5. The number of nitrogens with one attached hydrogen (secondary N) is 2. The van der Waals surface area contributed by atoms with Gasteiger partial charge in [-0.3, -0.25) is 0 Å². The average molecular weight is 214 g/mol. The van der Waals surface area contributed by atoms with Crippen molar-refractivity contribution in [3.8, 4) is 0 Å². The predicted octanol–water partition coefficient (Wildman–Crippen LogP) is 2.65. The number of rotatable bonds is 10. The van der Waals surface area contributed by atoms with Crippen LogP contribution in [-0.4, -0.2) is 26.2 Å². The second-order valence-electron chi connectivity index (χ2n) is 5.05. The van der Waals surface area contributed by atoms with Crippen molar-refractivity contribution in [1.82, 2.24) is 10.6 Å². The van der Waals surface area contributed by atoms with E-state index in [0.29, 0.717) is 0 Å². The Morgan fingerprint density at radius 2 is 1.53 bits per heavy atom. The summed E-state index contributed by atoms with van der Waals surface area (Å²) in [6, 6.07) is 0. The Bertz CT molecular complexity index is 124. The van der Waals surface area contributed by atoms with E-state index < -0.39 is 0 Å². The van der Waals surface area contributed by atoms with E-state index in [1.165, 1.54) is 25.8 Å². The Hall–Kier alpha value is -0.0800. The summed E-state index contributed by atoms with van der Waals surface area (Å²) in [5.74, 6) is 1.60. The average Bonchev–Trinajstić information content (AvgIpc) is 2.16. The van der Waals surface area contributed by atoms with Gasteiger partial charge < -0.3 is 10.6 Å². The first-order chi connectivity index (χ1) is 7.16. The zero-order valence-electron chi connectivity index (χ0n) is 11.1. The van der Waals surface area contributed by atoms with Crippen LogP contribution in [-0.2, 0) is 0 Å². The highest BCUT2D eigenvalue weighted by Crippen LogP contribution is 2.02. The van der Waals surface area contributed by atoms with Crippen LogP contribution in [0.3, 0.4) is 0 Å². The largest absolute Gasteiger partial charge is 0.316 e. The normalized spacial score (nSPS) is 13.4. The van der Waals surface area contributed by atoms with E-state index in [-0.39, 0.29) is 0 Å². The van der Waals surface area contributed by atoms with Gasteiger partial charge in [0.05, 0.1) is 0 Å². The third-order valence-electron chi connectivity index (χ3n) is 2.53. The Kier molecular flexibility index (Phi) is 10.4. The van der Waals surface area contributed by atoms with Crippen LogP contribution in [0.5, 0.6) is 0 Å². The number of hydrogen-bond acceptors (Lipinski definition) is 2. The van der Waals surface area contributed by atoms with Gasteiger partial charge in [0.1, 0.15) is 0 Å². The summed E-state index contributed by atoms with van der Waals surface area (Å²) in [6.45, 7) is 13.7. The molecule has 0 saturated heterocycles. The van der Waals surface area contributed by atoms with E-state index in [4.69, 9.17) is 0 Å². The molecular weight excluding hydrogens is 184 g/mol.